The van der Waals surface area contributed by atoms with Gasteiger partial charge in [0.25, 0.3) is 5.91 Å². The summed E-state index contributed by atoms with van der Waals surface area (Å²) in [5.74, 6) is 0.0762. The highest BCUT2D eigenvalue weighted by Gasteiger charge is 2.56. The topological polar surface area (TPSA) is 104 Å². The van der Waals surface area contributed by atoms with Gasteiger partial charge in [-0.1, -0.05) is 30.3 Å². The molecule has 1 aliphatic carbocycles. The molecule has 3 N–H and O–H groups in total. The highest BCUT2D eigenvalue weighted by Crippen LogP contribution is 2.42. The first-order chi connectivity index (χ1) is 16.4. The van der Waals surface area contributed by atoms with Crippen LogP contribution in [0.2, 0.25) is 0 Å². The van der Waals surface area contributed by atoms with E-state index in [9.17, 15) is 14.4 Å². The summed E-state index contributed by atoms with van der Waals surface area (Å²) in [5.41, 5.74) is 2.19. The molecule has 1 aromatic heterocycles. The average molecular weight is 461 g/mol. The fourth-order valence-corrected chi connectivity index (χ4v) is 4.84. The number of imide groups is 1. The lowest BCUT2D eigenvalue weighted by Gasteiger charge is -2.21. The first-order valence-corrected chi connectivity index (χ1v) is 11.5. The van der Waals surface area contributed by atoms with Crippen LogP contribution in [0.15, 0.2) is 54.7 Å². The molecular formula is C26H28N4O4. The number of carbonyl (C=O) groups excluding carboxylic acids is 3. The lowest BCUT2D eigenvalue weighted by Crippen LogP contribution is -2.47. The molecule has 34 heavy (non-hydrogen) atoms. The number of ether oxygens (including phenoxy) is 1. The molecule has 2 heterocycles. The van der Waals surface area contributed by atoms with Crippen molar-refractivity contribution in [1.29, 1.82) is 0 Å². The Morgan fingerprint density at radius 1 is 1.18 bits per heavy atom. The summed E-state index contributed by atoms with van der Waals surface area (Å²) in [6.07, 6.45) is 3.79. The van der Waals surface area contributed by atoms with E-state index in [1.807, 2.05) is 54.7 Å². The van der Waals surface area contributed by atoms with E-state index >= 15 is 0 Å². The van der Waals surface area contributed by atoms with Crippen LogP contribution in [-0.4, -0.2) is 53.5 Å². The van der Waals surface area contributed by atoms with Crippen LogP contribution >= 0.6 is 0 Å². The van der Waals surface area contributed by atoms with E-state index in [0.29, 0.717) is 6.54 Å². The first-order valence-electron chi connectivity index (χ1n) is 11.5. The molecule has 0 unspecified atom stereocenters. The lowest BCUT2D eigenvalue weighted by molar-refractivity contribution is -0.135. The zero-order valence-corrected chi connectivity index (χ0v) is 19.3. The molecule has 2 fully saturated rings. The number of hydrogen-bond donors (Lipinski definition) is 3. The normalized spacial score (nSPS) is 20.9. The standard InChI is InChI=1S/C26H28N4O4/c1-26(17-9-10-17)24(32)30(25(33)29-26)15-23(31)28-13-20(16-7-11-18(34-2)12-8-16)21-14-27-22-6-4-3-5-19(21)22/h3-8,11-12,14,17,20,27H,9-10,13,15H2,1-2H3,(H,28,31)(H,29,33)/t20-,26-/m1/s1. The van der Waals surface area contributed by atoms with Crippen molar-refractivity contribution < 1.29 is 19.1 Å². The number of aromatic nitrogens is 1. The Kier molecular flexibility index (Phi) is 5.51. The van der Waals surface area contributed by atoms with Crippen molar-refractivity contribution in [2.24, 2.45) is 5.92 Å². The van der Waals surface area contributed by atoms with Crippen molar-refractivity contribution in [2.45, 2.75) is 31.2 Å². The van der Waals surface area contributed by atoms with Crippen LogP contribution < -0.4 is 15.4 Å². The molecule has 4 amide bonds. The molecule has 1 saturated heterocycles. The average Bonchev–Trinajstić information content (AvgIpc) is 3.59. The zero-order chi connectivity index (χ0) is 23.9. The van der Waals surface area contributed by atoms with Gasteiger partial charge in [-0.25, -0.2) is 4.79 Å². The van der Waals surface area contributed by atoms with Crippen molar-refractivity contribution in [3.8, 4) is 5.75 Å². The SMILES string of the molecule is COc1ccc([C@@H](CNC(=O)CN2C(=O)N[C@](C)(C3CC3)C2=O)c2c[nH]c3ccccc23)cc1. The molecule has 5 rings (SSSR count). The van der Waals surface area contributed by atoms with Gasteiger partial charge in [-0.15, -0.1) is 0 Å². The van der Waals surface area contributed by atoms with E-state index in [2.05, 4.69) is 15.6 Å². The molecule has 2 aliphatic rings. The van der Waals surface area contributed by atoms with Crippen molar-refractivity contribution >= 4 is 28.7 Å². The number of rotatable bonds is 8. The quantitative estimate of drug-likeness (QED) is 0.449. The first kappa shape index (κ1) is 22.0. The van der Waals surface area contributed by atoms with Gasteiger partial charge < -0.3 is 20.4 Å². The molecular weight excluding hydrogens is 432 g/mol. The van der Waals surface area contributed by atoms with Crippen LogP contribution in [0.5, 0.6) is 5.75 Å². The summed E-state index contributed by atoms with van der Waals surface area (Å²) in [6, 6.07) is 15.3. The van der Waals surface area contributed by atoms with Crippen LogP contribution in [0.1, 0.15) is 36.8 Å². The molecule has 176 valence electrons. The maximum atomic E-state index is 12.9. The molecule has 3 aromatic rings. The summed E-state index contributed by atoms with van der Waals surface area (Å²) in [6.45, 7) is 1.77. The third-order valence-electron chi connectivity index (χ3n) is 7.01. The number of benzene rings is 2. The molecule has 1 saturated carbocycles. The molecule has 0 bridgehead atoms. The number of nitrogens with one attached hydrogen (secondary N) is 3. The van der Waals surface area contributed by atoms with Gasteiger partial charge in [0.15, 0.2) is 0 Å². The van der Waals surface area contributed by atoms with E-state index in [-0.39, 0.29) is 30.2 Å². The van der Waals surface area contributed by atoms with E-state index in [4.69, 9.17) is 4.74 Å². The molecule has 2 atom stereocenters. The van der Waals surface area contributed by atoms with Crippen molar-refractivity contribution in [3.05, 3.63) is 65.9 Å². The van der Waals surface area contributed by atoms with Crippen LogP contribution in [-0.2, 0) is 9.59 Å². The van der Waals surface area contributed by atoms with Gasteiger partial charge >= 0.3 is 6.03 Å². The monoisotopic (exact) mass is 460 g/mol. The van der Waals surface area contributed by atoms with Gasteiger partial charge in [0.2, 0.25) is 5.91 Å². The largest absolute Gasteiger partial charge is 0.497 e. The predicted octanol–water partition coefficient (Wildman–Crippen LogP) is 3.15. The molecule has 8 nitrogen and oxygen atoms in total. The van der Waals surface area contributed by atoms with E-state index in [1.54, 1.807) is 14.0 Å². The van der Waals surface area contributed by atoms with Crippen LogP contribution in [0.3, 0.4) is 0 Å². The zero-order valence-electron chi connectivity index (χ0n) is 19.3. The fraction of sp³-hybridized carbons (Fsp3) is 0.346. The van der Waals surface area contributed by atoms with Crippen LogP contribution in [0.25, 0.3) is 10.9 Å². The molecule has 0 radical (unpaired) electrons. The van der Waals surface area contributed by atoms with Gasteiger partial charge in [-0.2, -0.15) is 0 Å². The number of hydrogen-bond acceptors (Lipinski definition) is 4. The van der Waals surface area contributed by atoms with Gasteiger partial charge in [0.1, 0.15) is 17.8 Å². The number of aromatic amines is 1. The Balaban J connectivity index is 1.34. The highest BCUT2D eigenvalue weighted by molar-refractivity contribution is 6.09. The number of H-pyrrole nitrogens is 1. The van der Waals surface area contributed by atoms with Crippen molar-refractivity contribution in [1.82, 2.24) is 20.5 Å². The lowest BCUT2D eigenvalue weighted by atomic mass is 9.90. The molecule has 1 aliphatic heterocycles. The van der Waals surface area contributed by atoms with Crippen molar-refractivity contribution in [2.75, 3.05) is 20.2 Å². The molecule has 8 heteroatoms. The Bertz CT molecular complexity index is 1250. The maximum Gasteiger partial charge on any atom is 0.325 e. The summed E-state index contributed by atoms with van der Waals surface area (Å²) < 4.78 is 5.29. The third kappa shape index (κ3) is 3.89. The van der Waals surface area contributed by atoms with Crippen molar-refractivity contribution in [3.63, 3.8) is 0 Å². The van der Waals surface area contributed by atoms with Gasteiger partial charge in [0, 0.05) is 29.6 Å². The van der Waals surface area contributed by atoms with Gasteiger partial charge in [-0.3, -0.25) is 14.5 Å². The smallest absolute Gasteiger partial charge is 0.325 e. The summed E-state index contributed by atoms with van der Waals surface area (Å²) in [7, 11) is 1.62. The van der Waals surface area contributed by atoms with Crippen LogP contribution in [0, 0.1) is 5.92 Å². The Hall–Kier alpha value is -3.81. The third-order valence-corrected chi connectivity index (χ3v) is 7.01. The minimum atomic E-state index is -0.896. The van der Waals surface area contributed by atoms with Gasteiger partial charge in [-0.05, 0) is 55.0 Å². The number of carbonyl (C=O) groups is 3. The minimum absolute atomic E-state index is 0.133. The second kappa shape index (κ2) is 8.52. The minimum Gasteiger partial charge on any atom is -0.497 e. The molecule has 0 spiro atoms. The van der Waals surface area contributed by atoms with Gasteiger partial charge in [0.05, 0.1) is 7.11 Å². The molecule has 2 aromatic carbocycles. The van der Waals surface area contributed by atoms with E-state index in [0.717, 1.165) is 45.5 Å². The maximum absolute atomic E-state index is 12.9. The number of nitrogens with zero attached hydrogens (tertiary/aromatic N) is 1. The predicted molar refractivity (Wildman–Crippen MR) is 128 cm³/mol. The number of fused-ring (bicyclic) bond motifs is 1. The van der Waals surface area contributed by atoms with Crippen LogP contribution in [0.4, 0.5) is 4.79 Å². The van der Waals surface area contributed by atoms with E-state index in [1.165, 1.54) is 0 Å². The number of methoxy groups -OCH3 is 1. The summed E-state index contributed by atoms with van der Waals surface area (Å²) >= 11 is 0. The summed E-state index contributed by atoms with van der Waals surface area (Å²) in [4.78, 5) is 42.4. The number of amides is 4. The number of para-hydroxylation sites is 1. The second-order valence-electron chi connectivity index (χ2n) is 9.22. The summed E-state index contributed by atoms with van der Waals surface area (Å²) in [5, 5.41) is 6.80. The number of urea groups is 1. The highest BCUT2D eigenvalue weighted by atomic mass is 16.5. The Labute approximate surface area is 197 Å². The second-order valence-corrected chi connectivity index (χ2v) is 9.22. The van der Waals surface area contributed by atoms with E-state index < -0.39 is 11.6 Å². The Morgan fingerprint density at radius 3 is 2.62 bits per heavy atom. The fourth-order valence-electron chi connectivity index (χ4n) is 4.84. The Morgan fingerprint density at radius 2 is 1.91 bits per heavy atom.